The van der Waals surface area contributed by atoms with E-state index in [1.165, 1.54) is 0 Å². The van der Waals surface area contributed by atoms with Crippen LogP contribution in [0.3, 0.4) is 0 Å². The molecule has 2 amide bonds. The second-order valence-corrected chi connectivity index (χ2v) is 6.07. The van der Waals surface area contributed by atoms with Crippen LogP contribution in [0.2, 0.25) is 0 Å². The molecule has 0 spiro atoms. The molecule has 1 saturated heterocycles. The average molecular weight is 320 g/mol. The Morgan fingerprint density at radius 3 is 2.91 bits per heavy atom. The highest BCUT2D eigenvalue weighted by Crippen LogP contribution is 2.17. The molecule has 126 valence electrons. The van der Waals surface area contributed by atoms with Gasteiger partial charge in [0.2, 0.25) is 5.91 Å². The molecule has 7 nitrogen and oxygen atoms in total. The summed E-state index contributed by atoms with van der Waals surface area (Å²) in [6, 6.07) is 5.78. The van der Waals surface area contributed by atoms with Crippen molar-refractivity contribution in [1.29, 1.82) is 0 Å². The van der Waals surface area contributed by atoms with Gasteiger partial charge in [0.05, 0.1) is 18.8 Å². The number of pyridine rings is 1. The molecule has 0 aliphatic carbocycles. The van der Waals surface area contributed by atoms with Crippen LogP contribution >= 0.6 is 0 Å². The van der Waals surface area contributed by atoms with Crippen molar-refractivity contribution in [2.75, 3.05) is 33.3 Å². The second kappa shape index (κ2) is 7.52. The van der Waals surface area contributed by atoms with Gasteiger partial charge in [0.25, 0.3) is 5.91 Å². The maximum absolute atomic E-state index is 12.3. The van der Waals surface area contributed by atoms with Crippen molar-refractivity contribution in [3.63, 3.8) is 0 Å². The number of hydrogen-bond donors (Lipinski definition) is 1. The third-order valence-electron chi connectivity index (χ3n) is 4.01. The summed E-state index contributed by atoms with van der Waals surface area (Å²) in [5.41, 5.74) is 5.23. The highest BCUT2D eigenvalue weighted by Gasteiger charge is 2.39. The first-order chi connectivity index (χ1) is 10.9. The van der Waals surface area contributed by atoms with E-state index in [9.17, 15) is 9.59 Å². The van der Waals surface area contributed by atoms with Crippen LogP contribution in [0.1, 0.15) is 19.0 Å². The van der Waals surface area contributed by atoms with Gasteiger partial charge in [-0.25, -0.2) is 0 Å². The minimum absolute atomic E-state index is 0.00801. The molecular weight excluding hydrogens is 296 g/mol. The Morgan fingerprint density at radius 1 is 1.48 bits per heavy atom. The Morgan fingerprint density at radius 2 is 2.26 bits per heavy atom. The van der Waals surface area contributed by atoms with Gasteiger partial charge in [-0.1, -0.05) is 6.07 Å². The zero-order chi connectivity index (χ0) is 16.9. The van der Waals surface area contributed by atoms with Gasteiger partial charge in [0.1, 0.15) is 0 Å². The van der Waals surface area contributed by atoms with Crippen molar-refractivity contribution < 1.29 is 14.3 Å². The molecule has 0 saturated carbocycles. The molecule has 23 heavy (non-hydrogen) atoms. The molecule has 1 unspecified atom stereocenters. The number of nitrogens with zero attached hydrogens (tertiary/aromatic N) is 3. The Bertz CT molecular complexity index is 552. The number of carbonyl (C=O) groups is 2. The molecule has 2 N–H and O–H groups in total. The number of ether oxygens (including phenoxy) is 1. The molecule has 0 bridgehead atoms. The van der Waals surface area contributed by atoms with E-state index in [0.29, 0.717) is 32.7 Å². The number of rotatable bonds is 6. The van der Waals surface area contributed by atoms with E-state index in [-0.39, 0.29) is 12.5 Å². The van der Waals surface area contributed by atoms with Crippen molar-refractivity contribution in [3.05, 3.63) is 30.1 Å². The van der Waals surface area contributed by atoms with Crippen LogP contribution in [0.25, 0.3) is 0 Å². The summed E-state index contributed by atoms with van der Waals surface area (Å²) in [7, 11) is 1.95. The predicted octanol–water partition coefficient (Wildman–Crippen LogP) is 0.00630. The van der Waals surface area contributed by atoms with Crippen LogP contribution in [-0.4, -0.2) is 65.5 Å². The van der Waals surface area contributed by atoms with Gasteiger partial charge in [-0.05, 0) is 26.1 Å². The van der Waals surface area contributed by atoms with E-state index in [0.717, 1.165) is 5.69 Å². The van der Waals surface area contributed by atoms with Crippen molar-refractivity contribution >= 4 is 11.8 Å². The van der Waals surface area contributed by atoms with Crippen LogP contribution < -0.4 is 5.73 Å². The summed E-state index contributed by atoms with van der Waals surface area (Å²) in [6.07, 6.45) is 2.14. The SMILES string of the molecule is CN(CCC(=O)N1CCOC(C)(C(N)=O)C1)Cc1ccccn1. The van der Waals surface area contributed by atoms with Gasteiger partial charge in [0, 0.05) is 32.3 Å². The molecule has 0 aromatic carbocycles. The molecule has 1 atom stereocenters. The Kier molecular flexibility index (Phi) is 5.68. The zero-order valence-electron chi connectivity index (χ0n) is 13.7. The van der Waals surface area contributed by atoms with Crippen molar-refractivity contribution in [2.45, 2.75) is 25.5 Å². The minimum atomic E-state index is -1.09. The third-order valence-corrected chi connectivity index (χ3v) is 4.01. The summed E-state index contributed by atoms with van der Waals surface area (Å²) in [5.74, 6) is -0.532. The number of morpholine rings is 1. The van der Waals surface area contributed by atoms with Crippen LogP contribution in [0.5, 0.6) is 0 Å². The summed E-state index contributed by atoms with van der Waals surface area (Å²) < 4.78 is 5.42. The number of nitrogens with two attached hydrogens (primary N) is 1. The monoisotopic (exact) mass is 320 g/mol. The fraction of sp³-hybridized carbons (Fsp3) is 0.562. The molecule has 1 aromatic heterocycles. The summed E-state index contributed by atoms with van der Waals surface area (Å²) >= 11 is 0. The molecule has 1 aromatic rings. The van der Waals surface area contributed by atoms with Gasteiger partial charge in [-0.2, -0.15) is 0 Å². The first-order valence-electron chi connectivity index (χ1n) is 7.71. The molecule has 2 rings (SSSR count). The Hall–Kier alpha value is -1.99. The Labute approximate surface area is 136 Å². The van der Waals surface area contributed by atoms with E-state index >= 15 is 0 Å². The molecular formula is C16H24N4O3. The minimum Gasteiger partial charge on any atom is -0.367 e. The first-order valence-corrected chi connectivity index (χ1v) is 7.71. The lowest BCUT2D eigenvalue weighted by molar-refractivity contribution is -0.160. The van der Waals surface area contributed by atoms with Gasteiger partial charge in [-0.15, -0.1) is 0 Å². The smallest absolute Gasteiger partial charge is 0.251 e. The maximum atomic E-state index is 12.3. The lowest BCUT2D eigenvalue weighted by atomic mass is 10.0. The maximum Gasteiger partial charge on any atom is 0.251 e. The predicted molar refractivity (Wildman–Crippen MR) is 85.3 cm³/mol. The summed E-state index contributed by atoms with van der Waals surface area (Å²) in [4.78, 5) is 31.8. The fourth-order valence-corrected chi connectivity index (χ4v) is 2.52. The molecule has 1 aliphatic heterocycles. The largest absolute Gasteiger partial charge is 0.367 e. The number of aromatic nitrogens is 1. The zero-order valence-corrected chi connectivity index (χ0v) is 13.7. The number of amides is 2. The van der Waals surface area contributed by atoms with Crippen LogP contribution in [0.15, 0.2) is 24.4 Å². The fourth-order valence-electron chi connectivity index (χ4n) is 2.52. The van der Waals surface area contributed by atoms with Gasteiger partial charge in [-0.3, -0.25) is 14.6 Å². The molecule has 0 radical (unpaired) electrons. The van der Waals surface area contributed by atoms with Crippen molar-refractivity contribution in [3.8, 4) is 0 Å². The molecule has 2 heterocycles. The van der Waals surface area contributed by atoms with E-state index < -0.39 is 11.5 Å². The van der Waals surface area contributed by atoms with E-state index in [4.69, 9.17) is 10.5 Å². The van der Waals surface area contributed by atoms with E-state index in [1.54, 1.807) is 18.0 Å². The van der Waals surface area contributed by atoms with Crippen LogP contribution in [0, 0.1) is 0 Å². The van der Waals surface area contributed by atoms with Gasteiger partial charge >= 0.3 is 0 Å². The normalized spacial score (nSPS) is 21.4. The highest BCUT2D eigenvalue weighted by atomic mass is 16.5. The standard InChI is InChI=1S/C16H24N4O3/c1-16(15(17)22)12-20(9-10-23-16)14(21)6-8-19(2)11-13-5-3-4-7-18-13/h3-5,7H,6,8-12H2,1-2H3,(H2,17,22). The second-order valence-electron chi connectivity index (χ2n) is 6.07. The lowest BCUT2D eigenvalue weighted by Gasteiger charge is -2.38. The van der Waals surface area contributed by atoms with Crippen molar-refractivity contribution in [2.24, 2.45) is 5.73 Å². The van der Waals surface area contributed by atoms with Gasteiger partial charge < -0.3 is 20.3 Å². The van der Waals surface area contributed by atoms with Crippen LogP contribution in [0.4, 0.5) is 0 Å². The van der Waals surface area contributed by atoms with Gasteiger partial charge in [0.15, 0.2) is 5.60 Å². The van der Waals surface area contributed by atoms with E-state index in [1.807, 2.05) is 30.1 Å². The summed E-state index contributed by atoms with van der Waals surface area (Å²) in [5, 5.41) is 0. The Balaban J connectivity index is 1.81. The molecule has 7 heteroatoms. The van der Waals surface area contributed by atoms with Crippen LogP contribution in [-0.2, 0) is 20.9 Å². The number of carbonyl (C=O) groups excluding carboxylic acids is 2. The number of primary amides is 1. The van der Waals surface area contributed by atoms with E-state index in [2.05, 4.69) is 4.98 Å². The van der Waals surface area contributed by atoms with Crippen molar-refractivity contribution in [1.82, 2.24) is 14.8 Å². The quantitative estimate of drug-likeness (QED) is 0.797. The first kappa shape index (κ1) is 17.4. The number of hydrogen-bond acceptors (Lipinski definition) is 5. The highest BCUT2D eigenvalue weighted by molar-refractivity contribution is 5.85. The summed E-state index contributed by atoms with van der Waals surface area (Å²) in [6.45, 7) is 3.98. The average Bonchev–Trinajstić information content (AvgIpc) is 2.53. The lowest BCUT2D eigenvalue weighted by Crippen LogP contribution is -2.58. The molecule has 1 fully saturated rings. The molecule has 1 aliphatic rings. The third kappa shape index (κ3) is 4.74. The topological polar surface area (TPSA) is 88.8 Å².